The van der Waals surface area contributed by atoms with Crippen LogP contribution in [-0.2, 0) is 0 Å². The Hall–Kier alpha value is -3.16. The molecule has 1 aromatic carbocycles. The van der Waals surface area contributed by atoms with Gasteiger partial charge in [-0.3, -0.25) is 15.5 Å². The standard InChI is InChI=1S/C14H16N6O2/c1-20(2)14-17-6-5-10(18-14)8-3-4-11(21)9(7-8)12(22)19-13(15)16/h3-7,21H,1-2H3,(H4,15,16,19,22). The first-order valence-corrected chi connectivity index (χ1v) is 6.37. The molecule has 0 radical (unpaired) electrons. The van der Waals surface area contributed by atoms with Gasteiger partial charge < -0.3 is 15.7 Å². The van der Waals surface area contributed by atoms with Crippen molar-refractivity contribution in [2.24, 2.45) is 5.73 Å². The summed E-state index contributed by atoms with van der Waals surface area (Å²) in [5.41, 5.74) is 6.38. The summed E-state index contributed by atoms with van der Waals surface area (Å²) in [5, 5.41) is 19.0. The van der Waals surface area contributed by atoms with Gasteiger partial charge in [0.1, 0.15) is 5.75 Å². The molecule has 114 valence electrons. The third-order valence-corrected chi connectivity index (χ3v) is 2.83. The van der Waals surface area contributed by atoms with E-state index in [4.69, 9.17) is 11.1 Å². The van der Waals surface area contributed by atoms with Crippen molar-refractivity contribution >= 4 is 17.8 Å². The Bertz CT molecular complexity index is 729. The van der Waals surface area contributed by atoms with Gasteiger partial charge >= 0.3 is 0 Å². The monoisotopic (exact) mass is 300 g/mol. The minimum absolute atomic E-state index is 0.0118. The highest BCUT2D eigenvalue weighted by Gasteiger charge is 2.14. The molecule has 5 N–H and O–H groups in total. The minimum Gasteiger partial charge on any atom is -0.507 e. The Morgan fingerprint density at radius 1 is 1.36 bits per heavy atom. The van der Waals surface area contributed by atoms with Gasteiger partial charge in [0.25, 0.3) is 5.91 Å². The Labute approximate surface area is 127 Å². The van der Waals surface area contributed by atoms with Crippen molar-refractivity contribution in [3.05, 3.63) is 36.0 Å². The van der Waals surface area contributed by atoms with Gasteiger partial charge in [0.2, 0.25) is 5.95 Å². The average molecular weight is 300 g/mol. The van der Waals surface area contributed by atoms with E-state index >= 15 is 0 Å². The average Bonchev–Trinajstić information content (AvgIpc) is 2.47. The Morgan fingerprint density at radius 2 is 2.09 bits per heavy atom. The Kier molecular flexibility index (Phi) is 4.21. The molecule has 2 aromatic rings. The molecule has 0 atom stereocenters. The van der Waals surface area contributed by atoms with Crippen LogP contribution in [0.4, 0.5) is 5.95 Å². The zero-order valence-electron chi connectivity index (χ0n) is 12.2. The lowest BCUT2D eigenvalue weighted by Gasteiger charge is -2.11. The number of aromatic hydroxyl groups is 1. The number of nitrogens with two attached hydrogens (primary N) is 1. The van der Waals surface area contributed by atoms with E-state index in [-0.39, 0.29) is 11.3 Å². The Morgan fingerprint density at radius 3 is 2.73 bits per heavy atom. The van der Waals surface area contributed by atoms with E-state index < -0.39 is 11.9 Å². The van der Waals surface area contributed by atoms with Gasteiger partial charge in [-0.15, -0.1) is 0 Å². The van der Waals surface area contributed by atoms with E-state index in [1.54, 1.807) is 23.2 Å². The van der Waals surface area contributed by atoms with Crippen LogP contribution in [0.25, 0.3) is 11.3 Å². The van der Waals surface area contributed by atoms with E-state index in [0.717, 1.165) is 0 Å². The first kappa shape index (κ1) is 15.2. The minimum atomic E-state index is -0.659. The third kappa shape index (κ3) is 3.29. The molecule has 0 aliphatic heterocycles. The molecular weight excluding hydrogens is 284 g/mol. The second-order valence-electron chi connectivity index (χ2n) is 4.74. The first-order chi connectivity index (χ1) is 10.4. The highest BCUT2D eigenvalue weighted by atomic mass is 16.3. The summed E-state index contributed by atoms with van der Waals surface area (Å²) < 4.78 is 0. The van der Waals surface area contributed by atoms with Crippen LogP contribution in [-0.4, -0.2) is 41.0 Å². The largest absolute Gasteiger partial charge is 0.507 e. The number of benzene rings is 1. The fraction of sp³-hybridized carbons (Fsp3) is 0.143. The van der Waals surface area contributed by atoms with E-state index in [1.807, 2.05) is 14.1 Å². The van der Waals surface area contributed by atoms with Crippen molar-refractivity contribution in [2.75, 3.05) is 19.0 Å². The zero-order valence-corrected chi connectivity index (χ0v) is 12.2. The van der Waals surface area contributed by atoms with E-state index in [1.165, 1.54) is 12.1 Å². The molecule has 22 heavy (non-hydrogen) atoms. The molecule has 1 aromatic heterocycles. The number of phenolic OH excluding ortho intramolecular Hbond substituents is 1. The van der Waals surface area contributed by atoms with Crippen LogP contribution >= 0.6 is 0 Å². The van der Waals surface area contributed by atoms with Crippen molar-refractivity contribution in [3.8, 4) is 17.0 Å². The first-order valence-electron chi connectivity index (χ1n) is 6.37. The molecule has 0 fully saturated rings. The van der Waals surface area contributed by atoms with E-state index in [2.05, 4.69) is 15.3 Å². The normalized spacial score (nSPS) is 10.1. The molecule has 0 saturated heterocycles. The van der Waals surface area contributed by atoms with Gasteiger partial charge in [-0.05, 0) is 24.3 Å². The second-order valence-corrected chi connectivity index (χ2v) is 4.74. The van der Waals surface area contributed by atoms with Crippen molar-refractivity contribution in [1.29, 1.82) is 5.41 Å². The fourth-order valence-electron chi connectivity index (χ4n) is 1.79. The maximum atomic E-state index is 11.9. The summed E-state index contributed by atoms with van der Waals surface area (Å²) in [5.74, 6) is -0.829. The van der Waals surface area contributed by atoms with Gasteiger partial charge in [0, 0.05) is 25.9 Å². The quantitative estimate of drug-likeness (QED) is 0.484. The molecule has 8 heteroatoms. The van der Waals surface area contributed by atoms with Gasteiger partial charge in [-0.25, -0.2) is 9.97 Å². The number of nitrogens with zero attached hydrogens (tertiary/aromatic N) is 3. The lowest BCUT2D eigenvalue weighted by atomic mass is 10.1. The second kappa shape index (κ2) is 6.08. The number of aromatic nitrogens is 2. The number of hydrogen-bond donors (Lipinski definition) is 4. The highest BCUT2D eigenvalue weighted by Crippen LogP contribution is 2.25. The number of amides is 1. The molecule has 1 amide bonds. The molecule has 1 heterocycles. The van der Waals surface area contributed by atoms with Crippen LogP contribution in [0.3, 0.4) is 0 Å². The van der Waals surface area contributed by atoms with Gasteiger partial charge in [0.15, 0.2) is 5.96 Å². The van der Waals surface area contributed by atoms with Crippen LogP contribution in [0.15, 0.2) is 30.5 Å². The predicted molar refractivity (Wildman–Crippen MR) is 82.8 cm³/mol. The number of rotatable bonds is 3. The topological polar surface area (TPSA) is 128 Å². The number of guanidine groups is 1. The van der Waals surface area contributed by atoms with Crippen molar-refractivity contribution in [3.63, 3.8) is 0 Å². The summed E-state index contributed by atoms with van der Waals surface area (Å²) in [6, 6.07) is 6.21. The van der Waals surface area contributed by atoms with Crippen LogP contribution in [0.2, 0.25) is 0 Å². The lowest BCUT2D eigenvalue weighted by Crippen LogP contribution is -2.35. The van der Waals surface area contributed by atoms with Crippen molar-refractivity contribution in [1.82, 2.24) is 15.3 Å². The summed E-state index contributed by atoms with van der Waals surface area (Å²) >= 11 is 0. The number of nitrogens with one attached hydrogen (secondary N) is 2. The highest BCUT2D eigenvalue weighted by molar-refractivity contribution is 6.06. The molecule has 0 aliphatic rings. The predicted octanol–water partition coefficient (Wildman–Crippen LogP) is 0.538. The Balaban J connectivity index is 2.43. The number of carbonyl (C=O) groups excluding carboxylic acids is 1. The molecule has 0 bridgehead atoms. The maximum Gasteiger partial charge on any atom is 0.261 e. The van der Waals surface area contributed by atoms with Crippen molar-refractivity contribution in [2.45, 2.75) is 0 Å². The lowest BCUT2D eigenvalue weighted by molar-refractivity contribution is 0.0974. The zero-order chi connectivity index (χ0) is 16.3. The maximum absolute atomic E-state index is 11.9. The summed E-state index contributed by atoms with van der Waals surface area (Å²) in [6.45, 7) is 0. The summed E-state index contributed by atoms with van der Waals surface area (Å²) in [4.78, 5) is 22.1. The molecule has 0 saturated carbocycles. The molecule has 2 rings (SSSR count). The smallest absolute Gasteiger partial charge is 0.261 e. The number of anilines is 1. The SMILES string of the molecule is CN(C)c1nccc(-c2ccc(O)c(C(=O)NC(=N)N)c2)n1. The van der Waals surface area contributed by atoms with Crippen LogP contribution < -0.4 is 16.0 Å². The van der Waals surface area contributed by atoms with Gasteiger partial charge in [-0.2, -0.15) is 0 Å². The van der Waals surface area contributed by atoms with Crippen molar-refractivity contribution < 1.29 is 9.90 Å². The van der Waals surface area contributed by atoms with E-state index in [0.29, 0.717) is 17.2 Å². The van der Waals surface area contributed by atoms with Gasteiger partial charge in [-0.1, -0.05) is 0 Å². The fourth-order valence-corrected chi connectivity index (χ4v) is 1.79. The molecular formula is C14H16N6O2. The van der Waals surface area contributed by atoms with Crippen LogP contribution in [0, 0.1) is 5.41 Å². The third-order valence-electron chi connectivity index (χ3n) is 2.83. The number of hydrogen-bond acceptors (Lipinski definition) is 6. The molecule has 0 unspecified atom stereocenters. The van der Waals surface area contributed by atoms with E-state index in [9.17, 15) is 9.90 Å². The number of phenols is 1. The molecule has 0 aliphatic carbocycles. The summed E-state index contributed by atoms with van der Waals surface area (Å²) in [6.07, 6.45) is 1.61. The van der Waals surface area contributed by atoms with Crippen LogP contribution in [0.1, 0.15) is 10.4 Å². The summed E-state index contributed by atoms with van der Waals surface area (Å²) in [7, 11) is 3.64. The molecule has 0 spiro atoms. The van der Waals surface area contributed by atoms with Crippen LogP contribution in [0.5, 0.6) is 5.75 Å². The molecule has 8 nitrogen and oxygen atoms in total. The number of carbonyl (C=O) groups is 1. The van der Waals surface area contributed by atoms with Gasteiger partial charge in [0.05, 0.1) is 11.3 Å².